The first-order valence-electron chi connectivity index (χ1n) is 6.79. The first-order chi connectivity index (χ1) is 7.36. The second-order valence-corrected chi connectivity index (χ2v) is 4.89. The van der Waals surface area contributed by atoms with Crippen LogP contribution in [0.3, 0.4) is 0 Å². The zero-order valence-corrected chi connectivity index (χ0v) is 10.4. The maximum Gasteiger partial charge on any atom is 0.000954 e. The van der Waals surface area contributed by atoms with Gasteiger partial charge in [-0.2, -0.15) is 0 Å². The number of nitrogens with two attached hydrogens (primary N) is 1. The first kappa shape index (κ1) is 13.0. The van der Waals surface area contributed by atoms with Gasteiger partial charge in [0.25, 0.3) is 0 Å². The second-order valence-electron chi connectivity index (χ2n) is 4.89. The van der Waals surface area contributed by atoms with Crippen LogP contribution in [0, 0.1) is 5.92 Å². The Balaban J connectivity index is 1.87. The fourth-order valence-corrected chi connectivity index (χ4v) is 2.05. The minimum atomic E-state index is 0.864. The number of hydrogen-bond acceptors (Lipinski definition) is 2. The van der Waals surface area contributed by atoms with Crippen LogP contribution in [0.1, 0.15) is 51.9 Å². The lowest BCUT2D eigenvalue weighted by Crippen LogP contribution is -2.26. The van der Waals surface area contributed by atoms with E-state index < -0.39 is 0 Å². The highest BCUT2D eigenvalue weighted by Crippen LogP contribution is 2.29. The van der Waals surface area contributed by atoms with E-state index in [-0.39, 0.29) is 0 Å². The van der Waals surface area contributed by atoms with Crippen LogP contribution in [0.5, 0.6) is 0 Å². The van der Waals surface area contributed by atoms with Crippen molar-refractivity contribution in [3.63, 3.8) is 0 Å². The van der Waals surface area contributed by atoms with Gasteiger partial charge in [0.05, 0.1) is 0 Å². The van der Waals surface area contributed by atoms with Gasteiger partial charge in [-0.25, -0.2) is 0 Å². The van der Waals surface area contributed by atoms with Gasteiger partial charge >= 0.3 is 0 Å². The molecule has 1 aliphatic rings. The van der Waals surface area contributed by atoms with Crippen LogP contribution in [-0.4, -0.2) is 31.1 Å². The molecule has 1 aliphatic carbocycles. The molecule has 1 rings (SSSR count). The Morgan fingerprint density at radius 3 is 2.33 bits per heavy atom. The monoisotopic (exact) mass is 212 g/mol. The van der Waals surface area contributed by atoms with Gasteiger partial charge in [-0.3, -0.25) is 0 Å². The smallest absolute Gasteiger partial charge is 0.000954 e. The normalized spacial score (nSPS) is 16.2. The van der Waals surface area contributed by atoms with Gasteiger partial charge < -0.3 is 10.6 Å². The molecule has 0 radical (unpaired) electrons. The van der Waals surface area contributed by atoms with Gasteiger partial charge in [-0.1, -0.05) is 26.2 Å². The average molecular weight is 212 g/mol. The summed E-state index contributed by atoms with van der Waals surface area (Å²) in [4.78, 5) is 2.63. The summed E-state index contributed by atoms with van der Waals surface area (Å²) in [5, 5.41) is 0. The number of unbranched alkanes of at least 4 members (excludes halogenated alkanes) is 4. The van der Waals surface area contributed by atoms with Crippen molar-refractivity contribution in [1.82, 2.24) is 4.90 Å². The topological polar surface area (TPSA) is 29.3 Å². The average Bonchev–Trinajstić information content (AvgIpc) is 3.05. The molecule has 0 aliphatic heterocycles. The molecule has 0 aromatic heterocycles. The molecule has 15 heavy (non-hydrogen) atoms. The molecule has 0 saturated heterocycles. The Bertz CT molecular complexity index is 143. The summed E-state index contributed by atoms with van der Waals surface area (Å²) in [5.41, 5.74) is 5.47. The van der Waals surface area contributed by atoms with Crippen LogP contribution >= 0.6 is 0 Å². The summed E-state index contributed by atoms with van der Waals surface area (Å²) in [7, 11) is 0. The van der Waals surface area contributed by atoms with Gasteiger partial charge in [-0.05, 0) is 51.2 Å². The minimum absolute atomic E-state index is 0.864. The highest BCUT2D eigenvalue weighted by molar-refractivity contribution is 4.76. The Kier molecular flexibility index (Phi) is 7.03. The van der Waals surface area contributed by atoms with Crippen molar-refractivity contribution in [1.29, 1.82) is 0 Å². The third kappa shape index (κ3) is 6.91. The standard InChI is InChI=1S/C13H28N2/c1-2-15(12-13-8-9-13)11-7-5-3-4-6-10-14/h13H,2-12,14H2,1H3. The zero-order chi connectivity index (χ0) is 10.9. The van der Waals surface area contributed by atoms with E-state index in [0.29, 0.717) is 0 Å². The molecule has 0 atom stereocenters. The third-order valence-corrected chi connectivity index (χ3v) is 3.34. The lowest BCUT2D eigenvalue weighted by atomic mass is 10.1. The van der Waals surface area contributed by atoms with Crippen molar-refractivity contribution < 1.29 is 0 Å². The predicted octanol–water partition coefficient (Wildman–Crippen LogP) is 2.63. The molecule has 0 amide bonds. The molecule has 2 heteroatoms. The SMILES string of the molecule is CCN(CCCCCCCN)CC1CC1. The second kappa shape index (κ2) is 8.12. The lowest BCUT2D eigenvalue weighted by molar-refractivity contribution is 0.269. The molecule has 0 aromatic rings. The molecular weight excluding hydrogens is 184 g/mol. The predicted molar refractivity (Wildman–Crippen MR) is 67.0 cm³/mol. The first-order valence-corrected chi connectivity index (χ1v) is 6.79. The van der Waals surface area contributed by atoms with Crippen molar-refractivity contribution in [2.75, 3.05) is 26.2 Å². The van der Waals surface area contributed by atoms with Crippen LogP contribution < -0.4 is 5.73 Å². The zero-order valence-electron chi connectivity index (χ0n) is 10.4. The Morgan fingerprint density at radius 2 is 1.73 bits per heavy atom. The number of nitrogens with zero attached hydrogens (tertiary/aromatic N) is 1. The van der Waals surface area contributed by atoms with E-state index in [1.807, 2.05) is 0 Å². The van der Waals surface area contributed by atoms with Crippen molar-refractivity contribution in [2.45, 2.75) is 51.9 Å². The molecule has 1 saturated carbocycles. The van der Waals surface area contributed by atoms with Crippen molar-refractivity contribution >= 4 is 0 Å². The van der Waals surface area contributed by atoms with Gasteiger partial charge in [0, 0.05) is 6.54 Å². The van der Waals surface area contributed by atoms with Crippen molar-refractivity contribution in [3.05, 3.63) is 0 Å². The summed E-state index contributed by atoms with van der Waals surface area (Å²) >= 11 is 0. The van der Waals surface area contributed by atoms with Crippen LogP contribution in [-0.2, 0) is 0 Å². The van der Waals surface area contributed by atoms with E-state index in [9.17, 15) is 0 Å². The van der Waals surface area contributed by atoms with Crippen molar-refractivity contribution in [3.8, 4) is 0 Å². The molecule has 2 N–H and O–H groups in total. The maximum atomic E-state index is 5.47. The Labute approximate surface area is 95.2 Å². The van der Waals surface area contributed by atoms with Crippen molar-refractivity contribution in [2.24, 2.45) is 11.7 Å². The molecule has 0 aromatic carbocycles. The van der Waals surface area contributed by atoms with Crippen LogP contribution in [0.15, 0.2) is 0 Å². The highest BCUT2D eigenvalue weighted by atomic mass is 15.1. The summed E-state index contributed by atoms with van der Waals surface area (Å²) in [6.45, 7) is 7.06. The highest BCUT2D eigenvalue weighted by Gasteiger charge is 2.23. The summed E-state index contributed by atoms with van der Waals surface area (Å²) in [6, 6.07) is 0. The summed E-state index contributed by atoms with van der Waals surface area (Å²) < 4.78 is 0. The lowest BCUT2D eigenvalue weighted by Gasteiger charge is -2.19. The van der Waals surface area contributed by atoms with Gasteiger partial charge in [-0.15, -0.1) is 0 Å². The molecule has 2 nitrogen and oxygen atoms in total. The summed E-state index contributed by atoms with van der Waals surface area (Å²) in [5.74, 6) is 1.04. The molecule has 0 bridgehead atoms. The Hall–Kier alpha value is -0.0800. The van der Waals surface area contributed by atoms with Crippen LogP contribution in [0.2, 0.25) is 0 Å². The van der Waals surface area contributed by atoms with Gasteiger partial charge in [0.2, 0.25) is 0 Å². The number of hydrogen-bond donors (Lipinski definition) is 1. The molecule has 0 spiro atoms. The summed E-state index contributed by atoms with van der Waals surface area (Å²) in [6.07, 6.45) is 9.63. The fourth-order valence-electron chi connectivity index (χ4n) is 2.05. The third-order valence-electron chi connectivity index (χ3n) is 3.34. The van der Waals surface area contributed by atoms with Crippen LogP contribution in [0.4, 0.5) is 0 Å². The quantitative estimate of drug-likeness (QED) is 0.564. The van der Waals surface area contributed by atoms with E-state index in [1.165, 1.54) is 64.6 Å². The molecule has 1 fully saturated rings. The van der Waals surface area contributed by atoms with E-state index in [1.54, 1.807) is 0 Å². The largest absolute Gasteiger partial charge is 0.330 e. The van der Waals surface area contributed by atoms with E-state index in [4.69, 9.17) is 5.73 Å². The molecular formula is C13H28N2. The van der Waals surface area contributed by atoms with E-state index in [0.717, 1.165) is 12.5 Å². The van der Waals surface area contributed by atoms with Gasteiger partial charge in [0.15, 0.2) is 0 Å². The fraction of sp³-hybridized carbons (Fsp3) is 1.00. The molecule has 90 valence electrons. The maximum absolute atomic E-state index is 5.47. The number of rotatable bonds is 10. The molecule has 0 heterocycles. The van der Waals surface area contributed by atoms with E-state index >= 15 is 0 Å². The van der Waals surface area contributed by atoms with Crippen LogP contribution in [0.25, 0.3) is 0 Å². The molecule has 0 unspecified atom stereocenters. The Morgan fingerprint density at radius 1 is 1.07 bits per heavy atom. The van der Waals surface area contributed by atoms with Gasteiger partial charge in [0.1, 0.15) is 0 Å². The van der Waals surface area contributed by atoms with E-state index in [2.05, 4.69) is 11.8 Å². The minimum Gasteiger partial charge on any atom is -0.330 e.